The first-order valence-corrected chi connectivity index (χ1v) is 5.90. The molecule has 0 bridgehead atoms. The van der Waals surface area contributed by atoms with Gasteiger partial charge in [-0.3, -0.25) is 0 Å². The molecule has 0 heterocycles. The Balaban J connectivity index is 2.60. The molecular formula is C11H15BrF2N2O. The van der Waals surface area contributed by atoms with Crippen LogP contribution in [0.5, 0.6) is 0 Å². The molecule has 0 aromatic heterocycles. The third-order valence-corrected chi connectivity index (χ3v) is 2.72. The third-order valence-electron chi connectivity index (χ3n) is 2.11. The van der Waals surface area contributed by atoms with Crippen molar-refractivity contribution in [3.05, 3.63) is 28.2 Å². The van der Waals surface area contributed by atoms with Crippen LogP contribution in [0.25, 0.3) is 0 Å². The van der Waals surface area contributed by atoms with E-state index in [2.05, 4.69) is 21.2 Å². The van der Waals surface area contributed by atoms with Gasteiger partial charge in [0.05, 0.1) is 16.3 Å². The SMILES string of the molecule is CN(C)CC(O)CNc1cc(Br)c(F)cc1F. The van der Waals surface area contributed by atoms with E-state index in [0.29, 0.717) is 6.54 Å². The van der Waals surface area contributed by atoms with Crippen molar-refractivity contribution in [1.82, 2.24) is 4.90 Å². The Morgan fingerprint density at radius 3 is 2.59 bits per heavy atom. The first-order valence-electron chi connectivity index (χ1n) is 5.11. The molecule has 1 aromatic carbocycles. The van der Waals surface area contributed by atoms with Crippen LogP contribution in [0.3, 0.4) is 0 Å². The van der Waals surface area contributed by atoms with Crippen molar-refractivity contribution in [2.75, 3.05) is 32.5 Å². The number of rotatable bonds is 5. The van der Waals surface area contributed by atoms with Crippen molar-refractivity contribution in [3.63, 3.8) is 0 Å². The molecule has 0 saturated heterocycles. The van der Waals surface area contributed by atoms with Gasteiger partial charge in [-0.2, -0.15) is 0 Å². The number of likely N-dealkylation sites (N-methyl/N-ethyl adjacent to an activating group) is 1. The maximum Gasteiger partial charge on any atom is 0.149 e. The Morgan fingerprint density at radius 2 is 2.00 bits per heavy atom. The monoisotopic (exact) mass is 308 g/mol. The molecule has 3 nitrogen and oxygen atoms in total. The van der Waals surface area contributed by atoms with Crippen molar-refractivity contribution < 1.29 is 13.9 Å². The molecule has 1 atom stereocenters. The highest BCUT2D eigenvalue weighted by Crippen LogP contribution is 2.23. The molecule has 2 N–H and O–H groups in total. The lowest BCUT2D eigenvalue weighted by Gasteiger charge is -2.17. The molecule has 6 heteroatoms. The summed E-state index contributed by atoms with van der Waals surface area (Å²) in [5.74, 6) is -1.33. The van der Waals surface area contributed by atoms with Crippen molar-refractivity contribution in [2.24, 2.45) is 0 Å². The van der Waals surface area contributed by atoms with Gasteiger partial charge in [-0.15, -0.1) is 0 Å². The molecule has 0 aliphatic heterocycles. The molecule has 0 radical (unpaired) electrons. The lowest BCUT2D eigenvalue weighted by molar-refractivity contribution is 0.148. The Labute approximate surface area is 108 Å². The van der Waals surface area contributed by atoms with E-state index in [0.717, 1.165) is 6.07 Å². The molecule has 0 aliphatic rings. The summed E-state index contributed by atoms with van der Waals surface area (Å²) < 4.78 is 26.5. The summed E-state index contributed by atoms with van der Waals surface area (Å²) in [6.07, 6.45) is -0.617. The number of nitrogens with one attached hydrogen (secondary N) is 1. The summed E-state index contributed by atoms with van der Waals surface area (Å²) in [7, 11) is 3.66. The number of benzene rings is 1. The van der Waals surface area contributed by atoms with Crippen LogP contribution >= 0.6 is 15.9 Å². The van der Waals surface area contributed by atoms with Crippen molar-refractivity contribution in [2.45, 2.75) is 6.10 Å². The lowest BCUT2D eigenvalue weighted by atomic mass is 10.2. The van der Waals surface area contributed by atoms with Gasteiger partial charge in [-0.05, 0) is 36.1 Å². The average molecular weight is 309 g/mol. The number of nitrogens with zero attached hydrogens (tertiary/aromatic N) is 1. The van der Waals surface area contributed by atoms with Gasteiger partial charge in [0, 0.05) is 19.2 Å². The van der Waals surface area contributed by atoms with Crippen LogP contribution in [-0.4, -0.2) is 43.3 Å². The van der Waals surface area contributed by atoms with Gasteiger partial charge in [-0.25, -0.2) is 8.78 Å². The Bertz CT molecular complexity index is 388. The predicted molar refractivity (Wildman–Crippen MR) is 67.1 cm³/mol. The molecule has 1 rings (SSSR count). The zero-order valence-electron chi connectivity index (χ0n) is 9.67. The minimum atomic E-state index is -0.678. The van der Waals surface area contributed by atoms with Gasteiger partial charge in [0.15, 0.2) is 0 Å². The molecule has 1 aromatic rings. The Hall–Kier alpha value is -0.720. The third kappa shape index (κ3) is 4.57. The number of anilines is 1. The van der Waals surface area contributed by atoms with Gasteiger partial charge in [0.25, 0.3) is 0 Å². The van der Waals surface area contributed by atoms with E-state index in [1.54, 1.807) is 0 Å². The minimum absolute atomic E-state index is 0.163. The number of hydrogen-bond acceptors (Lipinski definition) is 3. The van der Waals surface area contributed by atoms with Crippen molar-refractivity contribution >= 4 is 21.6 Å². The fourth-order valence-corrected chi connectivity index (χ4v) is 1.72. The lowest BCUT2D eigenvalue weighted by Crippen LogP contribution is -2.31. The van der Waals surface area contributed by atoms with Crippen molar-refractivity contribution in [3.8, 4) is 0 Å². The second-order valence-electron chi connectivity index (χ2n) is 4.04. The van der Waals surface area contributed by atoms with Gasteiger partial charge in [-0.1, -0.05) is 0 Å². The summed E-state index contributed by atoms with van der Waals surface area (Å²) in [6, 6.07) is 2.11. The fraction of sp³-hybridized carbons (Fsp3) is 0.455. The molecule has 17 heavy (non-hydrogen) atoms. The van der Waals surface area contributed by atoms with E-state index in [-0.39, 0.29) is 16.7 Å². The molecule has 96 valence electrons. The normalized spacial score (nSPS) is 12.9. The van der Waals surface area contributed by atoms with E-state index >= 15 is 0 Å². The van der Waals surface area contributed by atoms with E-state index in [1.807, 2.05) is 19.0 Å². The molecule has 0 aliphatic carbocycles. The summed E-state index contributed by atoms with van der Waals surface area (Å²) in [5, 5.41) is 12.3. The second-order valence-corrected chi connectivity index (χ2v) is 4.90. The second kappa shape index (κ2) is 6.28. The van der Waals surface area contributed by atoms with Crippen LogP contribution < -0.4 is 5.32 Å². The molecule has 0 amide bonds. The molecular weight excluding hydrogens is 294 g/mol. The summed E-state index contributed by atoms with van der Waals surface area (Å²) in [5.41, 5.74) is 0.163. The van der Waals surface area contributed by atoms with E-state index in [9.17, 15) is 13.9 Å². The fourth-order valence-electron chi connectivity index (χ4n) is 1.37. The molecule has 0 fully saturated rings. The predicted octanol–water partition coefficient (Wildman–Crippen LogP) is 2.06. The van der Waals surface area contributed by atoms with Crippen LogP contribution in [0.1, 0.15) is 0 Å². The van der Waals surface area contributed by atoms with Crippen LogP contribution in [-0.2, 0) is 0 Å². The van der Waals surface area contributed by atoms with Crippen LogP contribution in [0.4, 0.5) is 14.5 Å². The maximum absolute atomic E-state index is 13.3. The van der Waals surface area contributed by atoms with Gasteiger partial charge >= 0.3 is 0 Å². The minimum Gasteiger partial charge on any atom is -0.390 e. The number of aliphatic hydroxyl groups excluding tert-OH is 1. The van der Waals surface area contributed by atoms with E-state index in [1.165, 1.54) is 6.07 Å². The summed E-state index contributed by atoms with van der Waals surface area (Å²) in [6.45, 7) is 0.671. The topological polar surface area (TPSA) is 35.5 Å². The highest BCUT2D eigenvalue weighted by molar-refractivity contribution is 9.10. The Morgan fingerprint density at radius 1 is 1.35 bits per heavy atom. The Kier molecular flexibility index (Phi) is 5.30. The van der Waals surface area contributed by atoms with Crippen LogP contribution in [0.2, 0.25) is 0 Å². The highest BCUT2D eigenvalue weighted by atomic mass is 79.9. The van der Waals surface area contributed by atoms with Crippen LogP contribution in [0, 0.1) is 11.6 Å². The van der Waals surface area contributed by atoms with Gasteiger partial charge < -0.3 is 15.3 Å². The first-order chi connectivity index (χ1) is 7.90. The van der Waals surface area contributed by atoms with Gasteiger partial charge in [0.2, 0.25) is 0 Å². The quantitative estimate of drug-likeness (QED) is 0.817. The molecule has 1 unspecified atom stereocenters. The molecule has 0 spiro atoms. The standard InChI is InChI=1S/C11H15BrF2N2O/c1-16(2)6-7(17)5-15-11-3-8(12)9(13)4-10(11)14/h3-4,7,15,17H,5-6H2,1-2H3. The number of aliphatic hydroxyl groups is 1. The highest BCUT2D eigenvalue weighted by Gasteiger charge is 2.10. The number of hydrogen-bond donors (Lipinski definition) is 2. The maximum atomic E-state index is 13.3. The molecule has 0 saturated carbocycles. The van der Waals surface area contributed by atoms with Crippen molar-refractivity contribution in [1.29, 1.82) is 0 Å². The summed E-state index contributed by atoms with van der Waals surface area (Å²) >= 11 is 2.98. The van der Waals surface area contributed by atoms with E-state index in [4.69, 9.17) is 0 Å². The number of halogens is 3. The zero-order chi connectivity index (χ0) is 13.0. The smallest absolute Gasteiger partial charge is 0.149 e. The zero-order valence-corrected chi connectivity index (χ0v) is 11.3. The summed E-state index contributed by atoms with van der Waals surface area (Å²) in [4.78, 5) is 1.82. The average Bonchev–Trinajstić information content (AvgIpc) is 2.20. The van der Waals surface area contributed by atoms with Crippen LogP contribution in [0.15, 0.2) is 16.6 Å². The van der Waals surface area contributed by atoms with Gasteiger partial charge in [0.1, 0.15) is 11.6 Å². The first kappa shape index (κ1) is 14.3. The van der Waals surface area contributed by atoms with E-state index < -0.39 is 17.7 Å². The largest absolute Gasteiger partial charge is 0.390 e.